The second-order valence-electron chi connectivity index (χ2n) is 5.97. The average Bonchev–Trinajstić information content (AvgIpc) is 3.05. The van der Waals surface area contributed by atoms with Crippen molar-refractivity contribution in [3.63, 3.8) is 0 Å². The second kappa shape index (κ2) is 7.66. The van der Waals surface area contributed by atoms with Crippen molar-refractivity contribution in [2.45, 2.75) is 26.0 Å². The molecule has 3 rings (SSSR count). The molecule has 0 bridgehead atoms. The molecule has 0 aliphatic carbocycles. The molecule has 6 nitrogen and oxygen atoms in total. The lowest BCUT2D eigenvalue weighted by Crippen LogP contribution is -2.11. The van der Waals surface area contributed by atoms with Crippen molar-refractivity contribution < 1.29 is 19.3 Å². The van der Waals surface area contributed by atoms with Crippen LogP contribution in [0.2, 0.25) is 0 Å². The number of hydrogen-bond acceptors (Lipinski definition) is 5. The van der Waals surface area contributed by atoms with Crippen molar-refractivity contribution in [1.29, 1.82) is 0 Å². The van der Waals surface area contributed by atoms with Crippen molar-refractivity contribution in [3.05, 3.63) is 47.8 Å². The highest BCUT2D eigenvalue weighted by molar-refractivity contribution is 5.76. The van der Waals surface area contributed by atoms with E-state index in [4.69, 9.17) is 14.2 Å². The summed E-state index contributed by atoms with van der Waals surface area (Å²) in [4.78, 5) is 4.66. The van der Waals surface area contributed by atoms with Gasteiger partial charge in [-0.15, -0.1) is 0 Å². The third kappa shape index (κ3) is 3.08. The zero-order chi connectivity index (χ0) is 18.7. The van der Waals surface area contributed by atoms with E-state index in [-0.39, 0.29) is 0 Å². The molecular formula is C20H24N2O4. The van der Waals surface area contributed by atoms with Crippen LogP contribution in [0, 0.1) is 0 Å². The number of aliphatic hydroxyl groups is 1. The Bertz CT molecular complexity index is 879. The highest BCUT2D eigenvalue weighted by Crippen LogP contribution is 2.40. The molecule has 1 N–H and O–H groups in total. The van der Waals surface area contributed by atoms with Crippen molar-refractivity contribution >= 4 is 11.0 Å². The van der Waals surface area contributed by atoms with Crippen LogP contribution >= 0.6 is 0 Å². The normalized spacial score (nSPS) is 12.2. The van der Waals surface area contributed by atoms with E-state index in [9.17, 15) is 5.11 Å². The molecule has 0 aliphatic rings. The number of aryl methyl sites for hydroxylation is 1. The molecule has 26 heavy (non-hydrogen) atoms. The first-order valence-electron chi connectivity index (χ1n) is 8.57. The van der Waals surface area contributed by atoms with Crippen LogP contribution in [0.5, 0.6) is 17.2 Å². The van der Waals surface area contributed by atoms with Crippen LogP contribution in [-0.4, -0.2) is 36.0 Å². The first-order chi connectivity index (χ1) is 12.6. The second-order valence-corrected chi connectivity index (χ2v) is 5.97. The van der Waals surface area contributed by atoms with Crippen LogP contribution in [-0.2, 0) is 6.54 Å². The number of methoxy groups -OCH3 is 3. The highest BCUT2D eigenvalue weighted by Gasteiger charge is 2.23. The lowest BCUT2D eigenvalue weighted by atomic mass is 10.1. The average molecular weight is 356 g/mol. The molecule has 6 heteroatoms. The van der Waals surface area contributed by atoms with E-state index in [0.717, 1.165) is 24.0 Å². The molecule has 1 heterocycles. The zero-order valence-electron chi connectivity index (χ0n) is 15.5. The Kier molecular flexibility index (Phi) is 5.32. The fourth-order valence-electron chi connectivity index (χ4n) is 3.17. The summed E-state index contributed by atoms with van der Waals surface area (Å²) in [6.07, 6.45) is 0.0256. The molecular weight excluding hydrogens is 332 g/mol. The van der Waals surface area contributed by atoms with Gasteiger partial charge in [0.1, 0.15) is 11.9 Å². The van der Waals surface area contributed by atoms with E-state index in [1.54, 1.807) is 33.5 Å². The van der Waals surface area contributed by atoms with Gasteiger partial charge >= 0.3 is 0 Å². The standard InChI is InChI=1S/C20H24N2O4/c1-5-10-22-15-9-7-6-8-14(15)21-20(22)18(23)13-11-16(24-2)19(26-4)17(12-13)25-3/h6-9,11-12,18,23H,5,10H2,1-4H3. The molecule has 0 radical (unpaired) electrons. The van der Waals surface area contributed by atoms with E-state index < -0.39 is 6.10 Å². The molecule has 1 atom stereocenters. The van der Waals surface area contributed by atoms with Gasteiger partial charge in [0.2, 0.25) is 5.75 Å². The predicted octanol–water partition coefficient (Wildman–Crippen LogP) is 3.55. The number of rotatable bonds is 7. The van der Waals surface area contributed by atoms with E-state index in [1.165, 1.54) is 0 Å². The van der Waals surface area contributed by atoms with Crippen LogP contribution in [0.1, 0.15) is 30.8 Å². The van der Waals surface area contributed by atoms with Crippen LogP contribution in [0.3, 0.4) is 0 Å². The van der Waals surface area contributed by atoms with Gasteiger partial charge in [0.05, 0.1) is 32.4 Å². The Balaban J connectivity index is 2.13. The highest BCUT2D eigenvalue weighted by atomic mass is 16.5. The van der Waals surface area contributed by atoms with Gasteiger partial charge in [0.15, 0.2) is 11.5 Å². The minimum absolute atomic E-state index is 0.494. The number of nitrogens with zero attached hydrogens (tertiary/aromatic N) is 2. The molecule has 3 aromatic rings. The van der Waals surface area contributed by atoms with Crippen molar-refractivity contribution in [2.75, 3.05) is 21.3 Å². The molecule has 2 aromatic carbocycles. The maximum absolute atomic E-state index is 11.1. The van der Waals surface area contributed by atoms with E-state index >= 15 is 0 Å². The first kappa shape index (κ1) is 18.1. The summed E-state index contributed by atoms with van der Waals surface area (Å²) >= 11 is 0. The summed E-state index contributed by atoms with van der Waals surface area (Å²) in [7, 11) is 4.66. The molecule has 1 unspecified atom stereocenters. The minimum atomic E-state index is -0.914. The minimum Gasteiger partial charge on any atom is -0.493 e. The maximum Gasteiger partial charge on any atom is 0.203 e. The van der Waals surface area contributed by atoms with E-state index in [2.05, 4.69) is 16.5 Å². The van der Waals surface area contributed by atoms with Crippen LogP contribution in [0.25, 0.3) is 11.0 Å². The van der Waals surface area contributed by atoms with Gasteiger partial charge in [-0.2, -0.15) is 0 Å². The molecule has 0 saturated carbocycles. The van der Waals surface area contributed by atoms with Gasteiger partial charge in [-0.1, -0.05) is 19.1 Å². The third-order valence-corrected chi connectivity index (χ3v) is 4.38. The summed E-state index contributed by atoms with van der Waals surface area (Å²) in [5.74, 6) is 2.09. The summed E-state index contributed by atoms with van der Waals surface area (Å²) in [6.45, 7) is 2.88. The molecule has 0 fully saturated rings. The number of benzene rings is 2. The molecule has 0 saturated heterocycles. The molecule has 138 valence electrons. The SMILES string of the molecule is CCCn1c(C(O)c2cc(OC)c(OC)c(OC)c2)nc2ccccc21. The Morgan fingerprint density at radius 2 is 1.69 bits per heavy atom. The number of aliphatic hydroxyl groups excluding tert-OH is 1. The van der Waals surface area contributed by atoms with Crippen molar-refractivity contribution in [3.8, 4) is 17.2 Å². The number of ether oxygens (including phenoxy) is 3. The molecule has 0 amide bonds. The maximum atomic E-state index is 11.1. The number of para-hydroxylation sites is 2. The van der Waals surface area contributed by atoms with Crippen molar-refractivity contribution in [1.82, 2.24) is 9.55 Å². The van der Waals surface area contributed by atoms with Gasteiger partial charge in [-0.05, 0) is 36.2 Å². The fraction of sp³-hybridized carbons (Fsp3) is 0.350. The monoisotopic (exact) mass is 356 g/mol. The Labute approximate surface area is 152 Å². The fourth-order valence-corrected chi connectivity index (χ4v) is 3.17. The molecule has 0 aliphatic heterocycles. The number of aromatic nitrogens is 2. The summed E-state index contributed by atoms with van der Waals surface area (Å²) < 4.78 is 18.2. The van der Waals surface area contributed by atoms with E-state index in [0.29, 0.717) is 28.6 Å². The zero-order valence-corrected chi connectivity index (χ0v) is 15.5. The largest absolute Gasteiger partial charge is 0.493 e. The Hall–Kier alpha value is -2.73. The topological polar surface area (TPSA) is 65.7 Å². The summed E-state index contributed by atoms with van der Waals surface area (Å²) in [5.41, 5.74) is 2.51. The lowest BCUT2D eigenvalue weighted by Gasteiger charge is -2.18. The van der Waals surface area contributed by atoms with Crippen LogP contribution in [0.15, 0.2) is 36.4 Å². The van der Waals surface area contributed by atoms with Crippen LogP contribution in [0.4, 0.5) is 0 Å². The summed E-state index contributed by atoms with van der Waals surface area (Å²) in [6, 6.07) is 11.4. The smallest absolute Gasteiger partial charge is 0.203 e. The quantitative estimate of drug-likeness (QED) is 0.701. The van der Waals surface area contributed by atoms with Gasteiger partial charge in [-0.25, -0.2) is 4.98 Å². The van der Waals surface area contributed by atoms with Gasteiger partial charge in [0, 0.05) is 6.54 Å². The Morgan fingerprint density at radius 1 is 1.04 bits per heavy atom. The number of imidazole rings is 1. The molecule has 1 aromatic heterocycles. The predicted molar refractivity (Wildman–Crippen MR) is 100 cm³/mol. The van der Waals surface area contributed by atoms with Gasteiger partial charge in [-0.3, -0.25) is 0 Å². The number of hydrogen-bond donors (Lipinski definition) is 1. The molecule has 0 spiro atoms. The first-order valence-corrected chi connectivity index (χ1v) is 8.57. The van der Waals surface area contributed by atoms with Crippen LogP contribution < -0.4 is 14.2 Å². The van der Waals surface area contributed by atoms with E-state index in [1.807, 2.05) is 24.3 Å². The lowest BCUT2D eigenvalue weighted by molar-refractivity contribution is 0.203. The third-order valence-electron chi connectivity index (χ3n) is 4.38. The van der Waals surface area contributed by atoms with Gasteiger partial charge in [0.25, 0.3) is 0 Å². The Morgan fingerprint density at radius 3 is 2.27 bits per heavy atom. The van der Waals surface area contributed by atoms with Crippen molar-refractivity contribution in [2.24, 2.45) is 0 Å². The van der Waals surface area contributed by atoms with Gasteiger partial charge < -0.3 is 23.9 Å². The summed E-state index contributed by atoms with van der Waals surface area (Å²) in [5, 5.41) is 11.1. The number of fused-ring (bicyclic) bond motifs is 1.